The summed E-state index contributed by atoms with van der Waals surface area (Å²) in [5, 5.41) is 12.0. The van der Waals surface area contributed by atoms with E-state index in [9.17, 15) is 19.5 Å². The molecule has 2 N–H and O–H groups in total. The quantitative estimate of drug-likeness (QED) is 0.611. The molecule has 1 saturated carbocycles. The molecule has 2 aromatic rings. The van der Waals surface area contributed by atoms with Gasteiger partial charge in [-0.15, -0.1) is 0 Å². The van der Waals surface area contributed by atoms with Crippen molar-refractivity contribution in [3.63, 3.8) is 0 Å². The molecule has 0 aromatic heterocycles. The standard InChI is InChI=1S/C28H32N2O5/c31-26(32)16-24(27(33)30-15-14-25(30)18-8-2-1-3-9-18)29-28(34)35-17-23-21-12-6-4-10-19(21)20-11-5-7-13-22(20)23/h4-7,10-13,18,23-25H,1-3,8-9,14-17H2,(H,29,34)(H,31,32). The molecule has 2 atom stereocenters. The van der Waals surface area contributed by atoms with Gasteiger partial charge in [0, 0.05) is 18.5 Å². The number of carbonyl (C=O) groups is 3. The zero-order chi connectivity index (χ0) is 24.4. The van der Waals surface area contributed by atoms with Crippen LogP contribution in [-0.2, 0) is 14.3 Å². The third-order valence-corrected chi connectivity index (χ3v) is 7.86. The third-order valence-electron chi connectivity index (χ3n) is 7.86. The molecule has 0 radical (unpaired) electrons. The maximum Gasteiger partial charge on any atom is 0.407 e. The van der Waals surface area contributed by atoms with E-state index in [4.69, 9.17) is 4.74 Å². The maximum absolute atomic E-state index is 13.2. The summed E-state index contributed by atoms with van der Waals surface area (Å²) in [6.07, 6.45) is 5.54. The fraction of sp³-hybridized carbons (Fsp3) is 0.464. The molecule has 1 aliphatic heterocycles. The second kappa shape index (κ2) is 10.1. The van der Waals surface area contributed by atoms with Crippen LogP contribution in [0.15, 0.2) is 48.5 Å². The van der Waals surface area contributed by atoms with E-state index in [0.29, 0.717) is 12.5 Å². The number of likely N-dealkylation sites (tertiary alicyclic amines) is 1. The van der Waals surface area contributed by atoms with Crippen LogP contribution in [0.1, 0.15) is 62.0 Å². The Balaban J connectivity index is 1.23. The number of fused-ring (bicyclic) bond motifs is 3. The Kier molecular flexibility index (Phi) is 6.75. The minimum absolute atomic E-state index is 0.104. The average Bonchev–Trinajstić information content (AvgIpc) is 3.16. The zero-order valence-electron chi connectivity index (χ0n) is 19.8. The number of amides is 2. The summed E-state index contributed by atoms with van der Waals surface area (Å²) in [7, 11) is 0. The van der Waals surface area contributed by atoms with E-state index in [1.165, 1.54) is 19.3 Å². The van der Waals surface area contributed by atoms with Crippen molar-refractivity contribution in [2.45, 2.75) is 62.9 Å². The number of nitrogens with one attached hydrogen (secondary N) is 1. The molecular formula is C28H32N2O5. The molecule has 2 amide bonds. The Labute approximate surface area is 205 Å². The number of hydrogen-bond donors (Lipinski definition) is 2. The van der Waals surface area contributed by atoms with Crippen molar-refractivity contribution >= 4 is 18.0 Å². The van der Waals surface area contributed by atoms with E-state index in [2.05, 4.69) is 17.4 Å². The number of aliphatic carboxylic acids is 1. The Hall–Kier alpha value is -3.35. The van der Waals surface area contributed by atoms with E-state index in [1.54, 1.807) is 4.90 Å². The van der Waals surface area contributed by atoms with Crippen LogP contribution in [0, 0.1) is 5.92 Å². The minimum atomic E-state index is -1.13. The first-order valence-corrected chi connectivity index (χ1v) is 12.7. The van der Waals surface area contributed by atoms with Gasteiger partial charge in [0.2, 0.25) is 5.91 Å². The lowest BCUT2D eigenvalue weighted by Gasteiger charge is -2.47. The van der Waals surface area contributed by atoms with Crippen molar-refractivity contribution in [1.29, 1.82) is 0 Å². The summed E-state index contributed by atoms with van der Waals surface area (Å²) >= 11 is 0. The van der Waals surface area contributed by atoms with Crippen LogP contribution in [-0.4, -0.2) is 53.2 Å². The molecule has 2 fully saturated rings. The van der Waals surface area contributed by atoms with Crippen molar-refractivity contribution in [1.82, 2.24) is 10.2 Å². The molecule has 0 spiro atoms. The van der Waals surface area contributed by atoms with Gasteiger partial charge in [0.05, 0.1) is 6.42 Å². The summed E-state index contributed by atoms with van der Waals surface area (Å²) in [5.41, 5.74) is 4.44. The van der Waals surface area contributed by atoms with Gasteiger partial charge in [0.15, 0.2) is 0 Å². The lowest BCUT2D eigenvalue weighted by molar-refractivity contribution is -0.148. The molecule has 2 unspecified atom stereocenters. The number of carboxylic acids is 1. The SMILES string of the molecule is O=C(O)CC(NC(=O)OCC1c2ccccc2-c2ccccc21)C(=O)N1CCC1C1CCCCC1. The topological polar surface area (TPSA) is 95.9 Å². The fourth-order valence-corrected chi connectivity index (χ4v) is 6.05. The van der Waals surface area contributed by atoms with E-state index in [-0.39, 0.29) is 24.5 Å². The smallest absolute Gasteiger partial charge is 0.407 e. The van der Waals surface area contributed by atoms with Gasteiger partial charge in [-0.3, -0.25) is 9.59 Å². The van der Waals surface area contributed by atoms with Gasteiger partial charge in [-0.2, -0.15) is 0 Å². The Morgan fingerprint density at radius 2 is 1.57 bits per heavy atom. The van der Waals surface area contributed by atoms with Gasteiger partial charge in [-0.05, 0) is 47.4 Å². The van der Waals surface area contributed by atoms with E-state index in [0.717, 1.165) is 41.5 Å². The van der Waals surface area contributed by atoms with Crippen LogP contribution in [0.4, 0.5) is 4.79 Å². The first-order chi connectivity index (χ1) is 17.0. The summed E-state index contributed by atoms with van der Waals surface area (Å²) in [4.78, 5) is 39.2. The van der Waals surface area contributed by atoms with Crippen LogP contribution in [0.3, 0.4) is 0 Å². The molecular weight excluding hydrogens is 444 g/mol. The highest BCUT2D eigenvalue weighted by molar-refractivity contribution is 5.90. The first-order valence-electron chi connectivity index (χ1n) is 12.7. The Morgan fingerprint density at radius 1 is 0.943 bits per heavy atom. The Bertz CT molecular complexity index is 1060. The number of nitrogens with zero attached hydrogens (tertiary/aromatic N) is 1. The lowest BCUT2D eigenvalue weighted by Crippen LogP contribution is -2.60. The molecule has 184 valence electrons. The highest BCUT2D eigenvalue weighted by Gasteiger charge is 2.41. The summed E-state index contributed by atoms with van der Waals surface area (Å²) in [6.45, 7) is 0.727. The number of rotatable bonds is 7. The number of benzene rings is 2. The molecule has 2 aliphatic carbocycles. The van der Waals surface area contributed by atoms with Crippen LogP contribution in [0.25, 0.3) is 11.1 Å². The summed E-state index contributed by atoms with van der Waals surface area (Å²) < 4.78 is 5.56. The van der Waals surface area contributed by atoms with E-state index >= 15 is 0 Å². The fourth-order valence-electron chi connectivity index (χ4n) is 6.05. The van der Waals surface area contributed by atoms with Gasteiger partial charge in [-0.1, -0.05) is 67.8 Å². The summed E-state index contributed by atoms with van der Waals surface area (Å²) in [5.74, 6) is -1.08. The van der Waals surface area contributed by atoms with Crippen molar-refractivity contribution in [3.8, 4) is 11.1 Å². The molecule has 0 bridgehead atoms. The van der Waals surface area contributed by atoms with Crippen molar-refractivity contribution in [2.75, 3.05) is 13.2 Å². The predicted octanol–water partition coefficient (Wildman–Crippen LogP) is 4.55. The van der Waals surface area contributed by atoms with Crippen molar-refractivity contribution in [3.05, 3.63) is 59.7 Å². The van der Waals surface area contributed by atoms with Gasteiger partial charge in [-0.25, -0.2) is 4.79 Å². The van der Waals surface area contributed by atoms with Gasteiger partial charge < -0.3 is 20.1 Å². The third kappa shape index (κ3) is 4.77. The van der Waals surface area contributed by atoms with Crippen LogP contribution >= 0.6 is 0 Å². The van der Waals surface area contributed by atoms with E-state index < -0.39 is 24.5 Å². The first kappa shape index (κ1) is 23.4. The van der Waals surface area contributed by atoms with Gasteiger partial charge >= 0.3 is 12.1 Å². The molecule has 2 aromatic carbocycles. The monoisotopic (exact) mass is 476 g/mol. The maximum atomic E-state index is 13.2. The second-order valence-corrected chi connectivity index (χ2v) is 9.91. The van der Waals surface area contributed by atoms with Gasteiger partial charge in [0.1, 0.15) is 12.6 Å². The normalized spacial score (nSPS) is 20.3. The molecule has 35 heavy (non-hydrogen) atoms. The number of hydrogen-bond acceptors (Lipinski definition) is 4. The molecule has 7 heteroatoms. The molecule has 7 nitrogen and oxygen atoms in total. The van der Waals surface area contributed by atoms with Crippen LogP contribution < -0.4 is 5.32 Å². The van der Waals surface area contributed by atoms with Crippen LogP contribution in [0.5, 0.6) is 0 Å². The Morgan fingerprint density at radius 3 is 2.14 bits per heavy atom. The highest BCUT2D eigenvalue weighted by Crippen LogP contribution is 2.44. The van der Waals surface area contributed by atoms with Crippen molar-refractivity contribution < 1.29 is 24.2 Å². The number of alkyl carbamates (subject to hydrolysis) is 1. The lowest BCUT2D eigenvalue weighted by atomic mass is 9.78. The molecule has 1 heterocycles. The van der Waals surface area contributed by atoms with Crippen molar-refractivity contribution in [2.24, 2.45) is 5.92 Å². The van der Waals surface area contributed by atoms with Crippen LogP contribution in [0.2, 0.25) is 0 Å². The number of ether oxygens (including phenoxy) is 1. The molecule has 5 rings (SSSR count). The zero-order valence-corrected chi connectivity index (χ0v) is 19.8. The number of carbonyl (C=O) groups excluding carboxylic acids is 2. The second-order valence-electron chi connectivity index (χ2n) is 9.91. The number of carboxylic acid groups (broad SMARTS) is 1. The molecule has 1 saturated heterocycles. The van der Waals surface area contributed by atoms with E-state index in [1.807, 2.05) is 36.4 Å². The highest BCUT2D eigenvalue weighted by atomic mass is 16.5. The van der Waals surface area contributed by atoms with Gasteiger partial charge in [0.25, 0.3) is 0 Å². The molecule has 3 aliphatic rings. The predicted molar refractivity (Wildman–Crippen MR) is 131 cm³/mol. The average molecular weight is 477 g/mol. The summed E-state index contributed by atoms with van der Waals surface area (Å²) in [6, 6.07) is 15.1. The minimum Gasteiger partial charge on any atom is -0.481 e. The largest absolute Gasteiger partial charge is 0.481 e.